The molecule has 0 amide bonds. The maximum Gasteiger partial charge on any atom is 0.416 e. The number of rotatable bonds is 5. The van der Waals surface area contributed by atoms with E-state index in [9.17, 15) is 21.6 Å². The first-order valence-corrected chi connectivity index (χ1v) is 13.0. The maximum absolute atomic E-state index is 12.8. The number of hydrogen-bond donors (Lipinski definition) is 1. The number of sulfonamides is 1. The Morgan fingerprint density at radius 3 is 2.42 bits per heavy atom. The van der Waals surface area contributed by atoms with Gasteiger partial charge in [0.25, 0.3) is 10.0 Å². The predicted molar refractivity (Wildman–Crippen MR) is 127 cm³/mol. The highest BCUT2D eigenvalue weighted by Crippen LogP contribution is 2.39. The van der Waals surface area contributed by atoms with Crippen LogP contribution < -0.4 is 4.72 Å². The Balaban J connectivity index is 1.55. The van der Waals surface area contributed by atoms with Gasteiger partial charge in [0.1, 0.15) is 4.90 Å². The summed E-state index contributed by atoms with van der Waals surface area (Å²) in [5, 5.41) is -0.254. The molecule has 4 rings (SSSR count). The topological polar surface area (TPSA) is 59.1 Å². The minimum Gasteiger partial charge on any atom is -0.280 e. The van der Waals surface area contributed by atoms with Gasteiger partial charge >= 0.3 is 6.18 Å². The monoisotopic (exact) mass is 548 g/mol. The first-order chi connectivity index (χ1) is 15.4. The van der Waals surface area contributed by atoms with Crippen LogP contribution in [0.25, 0.3) is 10.2 Å². The average molecular weight is 549 g/mol. The van der Waals surface area contributed by atoms with Gasteiger partial charge in [0.05, 0.1) is 31.5 Å². The summed E-state index contributed by atoms with van der Waals surface area (Å²) in [7, 11) is -4.24. The van der Waals surface area contributed by atoms with Gasteiger partial charge in [-0.05, 0) is 61.0 Å². The van der Waals surface area contributed by atoms with Gasteiger partial charge in [-0.25, -0.2) is 13.4 Å². The second-order valence-electron chi connectivity index (χ2n) is 6.95. The smallest absolute Gasteiger partial charge is 0.280 e. The summed E-state index contributed by atoms with van der Waals surface area (Å²) in [4.78, 5) is 4.76. The number of anilines is 1. The highest BCUT2D eigenvalue weighted by atomic mass is 35.5. The van der Waals surface area contributed by atoms with Crippen LogP contribution in [0.1, 0.15) is 11.1 Å². The number of thiazole rings is 1. The van der Waals surface area contributed by atoms with E-state index in [1.54, 1.807) is 6.07 Å². The summed E-state index contributed by atoms with van der Waals surface area (Å²) >= 11 is 15.0. The zero-order valence-corrected chi connectivity index (χ0v) is 20.5. The van der Waals surface area contributed by atoms with Crippen LogP contribution in [0.15, 0.2) is 68.7 Å². The zero-order chi connectivity index (χ0) is 24.0. The van der Waals surface area contributed by atoms with Crippen LogP contribution in [0.3, 0.4) is 0 Å². The molecule has 0 aliphatic carbocycles. The van der Waals surface area contributed by atoms with Gasteiger partial charge in [-0.2, -0.15) is 13.2 Å². The van der Waals surface area contributed by atoms with Crippen molar-refractivity contribution in [1.82, 2.24) is 4.98 Å². The maximum atomic E-state index is 12.8. The molecule has 0 fully saturated rings. The van der Waals surface area contributed by atoms with Crippen molar-refractivity contribution in [2.45, 2.75) is 27.2 Å². The summed E-state index contributed by atoms with van der Waals surface area (Å²) in [6.45, 7) is 2.00. The van der Waals surface area contributed by atoms with E-state index in [0.29, 0.717) is 17.0 Å². The minimum absolute atomic E-state index is 0.139. The molecular formula is C21H13Cl2F3N2O2S3. The molecule has 33 heavy (non-hydrogen) atoms. The molecule has 0 bridgehead atoms. The van der Waals surface area contributed by atoms with E-state index in [2.05, 4.69) is 9.71 Å². The average Bonchev–Trinajstić information content (AvgIpc) is 3.10. The summed E-state index contributed by atoms with van der Waals surface area (Å²) in [6.07, 6.45) is -4.64. The Kier molecular flexibility index (Phi) is 6.58. The molecule has 172 valence electrons. The lowest BCUT2D eigenvalue weighted by Crippen LogP contribution is -2.14. The van der Waals surface area contributed by atoms with Crippen molar-refractivity contribution in [3.05, 3.63) is 75.8 Å². The molecule has 1 N–H and O–H groups in total. The van der Waals surface area contributed by atoms with Crippen LogP contribution in [0.4, 0.5) is 18.9 Å². The normalized spacial score (nSPS) is 12.3. The van der Waals surface area contributed by atoms with E-state index in [1.807, 2.05) is 25.1 Å². The molecule has 12 heteroatoms. The van der Waals surface area contributed by atoms with Gasteiger partial charge < -0.3 is 0 Å². The highest BCUT2D eigenvalue weighted by molar-refractivity contribution is 8.01. The van der Waals surface area contributed by atoms with E-state index in [-0.39, 0.29) is 10.7 Å². The Bertz CT molecular complexity index is 1470. The molecule has 4 nitrogen and oxygen atoms in total. The summed E-state index contributed by atoms with van der Waals surface area (Å²) in [6, 6.07) is 12.6. The van der Waals surface area contributed by atoms with E-state index in [1.165, 1.54) is 35.2 Å². The molecule has 0 radical (unpaired) electrons. The van der Waals surface area contributed by atoms with Crippen molar-refractivity contribution in [2.24, 2.45) is 0 Å². The highest BCUT2D eigenvalue weighted by Gasteiger charge is 2.32. The van der Waals surface area contributed by atoms with Crippen molar-refractivity contribution < 1.29 is 21.6 Å². The molecule has 0 saturated heterocycles. The van der Waals surface area contributed by atoms with Crippen molar-refractivity contribution in [3.63, 3.8) is 0 Å². The van der Waals surface area contributed by atoms with Crippen LogP contribution in [0, 0.1) is 6.92 Å². The molecule has 0 saturated carbocycles. The third kappa shape index (κ3) is 5.41. The van der Waals surface area contributed by atoms with Gasteiger partial charge in [0.15, 0.2) is 4.34 Å². The number of aryl methyl sites for hydroxylation is 1. The summed E-state index contributed by atoms with van der Waals surface area (Å²) in [5.41, 5.74) is 1.11. The molecule has 0 atom stereocenters. The summed E-state index contributed by atoms with van der Waals surface area (Å²) in [5.74, 6) is 0. The number of benzene rings is 3. The lowest BCUT2D eigenvalue weighted by Gasteiger charge is -2.13. The second kappa shape index (κ2) is 8.99. The van der Waals surface area contributed by atoms with Crippen molar-refractivity contribution >= 4 is 72.2 Å². The van der Waals surface area contributed by atoms with E-state index >= 15 is 0 Å². The van der Waals surface area contributed by atoms with Crippen molar-refractivity contribution in [1.29, 1.82) is 0 Å². The number of aromatic nitrogens is 1. The lowest BCUT2D eigenvalue weighted by molar-refractivity contribution is -0.137. The fourth-order valence-corrected chi connectivity index (χ4v) is 6.92. The van der Waals surface area contributed by atoms with Gasteiger partial charge in [-0.15, -0.1) is 11.3 Å². The van der Waals surface area contributed by atoms with Crippen LogP contribution in [0.2, 0.25) is 10.0 Å². The van der Waals surface area contributed by atoms with Gasteiger partial charge in [-0.3, -0.25) is 4.72 Å². The zero-order valence-electron chi connectivity index (χ0n) is 16.6. The molecule has 0 aliphatic rings. The molecule has 0 spiro atoms. The van der Waals surface area contributed by atoms with E-state index in [4.69, 9.17) is 23.2 Å². The van der Waals surface area contributed by atoms with E-state index < -0.39 is 31.7 Å². The van der Waals surface area contributed by atoms with Crippen molar-refractivity contribution in [3.8, 4) is 0 Å². The molecule has 0 aliphatic heterocycles. The first kappa shape index (κ1) is 24.2. The van der Waals surface area contributed by atoms with Crippen LogP contribution >= 0.6 is 46.3 Å². The Hall–Kier alpha value is -1.98. The van der Waals surface area contributed by atoms with Crippen LogP contribution in [-0.4, -0.2) is 13.4 Å². The molecule has 1 aromatic heterocycles. The number of hydrogen-bond acceptors (Lipinski definition) is 5. The van der Waals surface area contributed by atoms with Crippen LogP contribution in [0.5, 0.6) is 0 Å². The molecule has 0 unspecified atom stereocenters. The first-order valence-electron chi connectivity index (χ1n) is 9.16. The number of nitrogens with zero attached hydrogens (tertiary/aromatic N) is 1. The van der Waals surface area contributed by atoms with Gasteiger partial charge in [0, 0.05) is 4.90 Å². The third-order valence-corrected chi connectivity index (χ3v) is 8.90. The number of nitrogens with one attached hydrogen (secondary N) is 1. The lowest BCUT2D eigenvalue weighted by atomic mass is 10.2. The number of alkyl halides is 3. The second-order valence-corrected chi connectivity index (χ2v) is 11.7. The SMILES string of the molecule is Cc1ccc2nc(Sc3ccc(NS(=O)(=O)c4ccc(C(F)(F)F)cc4Cl)cc3Cl)sc2c1. The quantitative estimate of drug-likeness (QED) is 0.275. The fourth-order valence-electron chi connectivity index (χ4n) is 2.90. The van der Waals surface area contributed by atoms with Crippen molar-refractivity contribution in [2.75, 3.05) is 4.72 Å². The molecule has 1 heterocycles. The molecule has 3 aromatic carbocycles. The fraction of sp³-hybridized carbons (Fsp3) is 0.0952. The number of halogens is 5. The molecule has 4 aromatic rings. The summed E-state index contributed by atoms with van der Waals surface area (Å²) < 4.78 is 67.9. The standard InChI is InChI=1S/C21H13Cl2F3N2O2S3/c1-11-2-5-16-18(8-11)32-20(27-16)31-17-6-4-13(10-14(17)22)28-33(29,30)19-7-3-12(9-15(19)23)21(24,25)26/h2-10,28H,1H3. The van der Waals surface area contributed by atoms with Gasteiger partial charge in [0.2, 0.25) is 0 Å². The largest absolute Gasteiger partial charge is 0.416 e. The third-order valence-electron chi connectivity index (χ3n) is 4.45. The predicted octanol–water partition coefficient (Wildman–Crippen LogP) is 7.88. The Morgan fingerprint density at radius 1 is 1.00 bits per heavy atom. The number of fused-ring (bicyclic) bond motifs is 1. The Morgan fingerprint density at radius 2 is 1.76 bits per heavy atom. The Labute approximate surface area is 205 Å². The van der Waals surface area contributed by atoms with E-state index in [0.717, 1.165) is 26.2 Å². The molecular weight excluding hydrogens is 536 g/mol. The minimum atomic E-state index is -4.64. The van der Waals surface area contributed by atoms with Gasteiger partial charge in [-0.1, -0.05) is 41.0 Å². The van der Waals surface area contributed by atoms with Crippen LogP contribution in [-0.2, 0) is 16.2 Å².